The topological polar surface area (TPSA) is 26.2 Å². The lowest BCUT2D eigenvalue weighted by Gasteiger charge is -2.12. The van der Waals surface area contributed by atoms with Gasteiger partial charge in [-0.05, 0) is 43.8 Å². The Morgan fingerprint density at radius 3 is 2.68 bits per heavy atom. The van der Waals surface area contributed by atoms with Crippen LogP contribution in [-0.4, -0.2) is 17.7 Å². The minimum atomic E-state index is 0.449. The van der Waals surface area contributed by atoms with Gasteiger partial charge in [0.05, 0.1) is 0 Å². The molecule has 0 amide bonds. The van der Waals surface area contributed by atoms with Gasteiger partial charge >= 0.3 is 0 Å². The lowest BCUT2D eigenvalue weighted by atomic mass is 10.2. The van der Waals surface area contributed by atoms with Crippen LogP contribution < -0.4 is 10.1 Å². The van der Waals surface area contributed by atoms with Gasteiger partial charge in [0, 0.05) is 29.7 Å². The van der Waals surface area contributed by atoms with E-state index < -0.39 is 0 Å². The number of rotatable bonds is 6. The van der Waals surface area contributed by atoms with Crippen LogP contribution in [0.25, 0.3) is 10.9 Å². The summed E-state index contributed by atoms with van der Waals surface area (Å²) in [6.45, 7) is 3.75. The molecule has 22 heavy (non-hydrogen) atoms. The lowest BCUT2D eigenvalue weighted by molar-refractivity contribution is 0.306. The molecule has 0 bridgehead atoms. The molecule has 1 aromatic heterocycles. The monoisotopic (exact) mass is 294 g/mol. The van der Waals surface area contributed by atoms with Crippen LogP contribution in [0.2, 0.25) is 0 Å². The quantitative estimate of drug-likeness (QED) is 0.748. The summed E-state index contributed by atoms with van der Waals surface area (Å²) in [6.07, 6.45) is 2.14. The minimum absolute atomic E-state index is 0.449. The molecule has 3 nitrogen and oxygen atoms in total. The van der Waals surface area contributed by atoms with Gasteiger partial charge in [-0.2, -0.15) is 0 Å². The van der Waals surface area contributed by atoms with Crippen molar-refractivity contribution in [1.29, 1.82) is 0 Å². The van der Waals surface area contributed by atoms with E-state index in [0.717, 1.165) is 12.3 Å². The van der Waals surface area contributed by atoms with Gasteiger partial charge < -0.3 is 14.6 Å². The Labute approximate surface area is 131 Å². The van der Waals surface area contributed by atoms with E-state index in [1.807, 2.05) is 31.3 Å². The molecule has 0 aliphatic carbocycles. The van der Waals surface area contributed by atoms with Crippen LogP contribution in [0.4, 0.5) is 0 Å². The van der Waals surface area contributed by atoms with Gasteiger partial charge in [-0.25, -0.2) is 0 Å². The van der Waals surface area contributed by atoms with Gasteiger partial charge in [-0.15, -0.1) is 0 Å². The summed E-state index contributed by atoms with van der Waals surface area (Å²) in [5.74, 6) is 0.913. The normalized spacial score (nSPS) is 12.5. The maximum Gasteiger partial charge on any atom is 0.120 e. The van der Waals surface area contributed by atoms with Crippen LogP contribution in [0, 0.1) is 0 Å². The number of hydrogen-bond donors (Lipinski definition) is 1. The fourth-order valence-corrected chi connectivity index (χ4v) is 2.55. The molecule has 0 saturated carbocycles. The number of nitrogens with zero attached hydrogens (tertiary/aromatic N) is 1. The number of fused-ring (bicyclic) bond motifs is 1. The summed E-state index contributed by atoms with van der Waals surface area (Å²) in [7, 11) is 1.99. The molecule has 3 aromatic rings. The smallest absolute Gasteiger partial charge is 0.120 e. The van der Waals surface area contributed by atoms with E-state index >= 15 is 0 Å². The van der Waals surface area contributed by atoms with Crippen molar-refractivity contribution in [3.05, 3.63) is 66.4 Å². The fourth-order valence-electron chi connectivity index (χ4n) is 2.55. The predicted molar refractivity (Wildman–Crippen MR) is 91.2 cm³/mol. The van der Waals surface area contributed by atoms with Crippen molar-refractivity contribution in [1.82, 2.24) is 9.88 Å². The van der Waals surface area contributed by atoms with Crippen LogP contribution >= 0.6 is 0 Å². The second-order valence-corrected chi connectivity index (χ2v) is 5.65. The molecule has 3 rings (SSSR count). The summed E-state index contributed by atoms with van der Waals surface area (Å²) >= 11 is 0. The molecule has 0 unspecified atom stereocenters. The van der Waals surface area contributed by atoms with Gasteiger partial charge in [0.25, 0.3) is 0 Å². The third-order valence-electron chi connectivity index (χ3n) is 3.95. The minimum Gasteiger partial charge on any atom is -0.489 e. The Kier molecular flexibility index (Phi) is 4.45. The summed E-state index contributed by atoms with van der Waals surface area (Å²) in [4.78, 5) is 0. The molecule has 0 radical (unpaired) electrons. The number of likely N-dealkylation sites (N-methyl/N-ethyl adjacent to an activating group) is 1. The lowest BCUT2D eigenvalue weighted by Crippen LogP contribution is -2.26. The molecule has 1 N–H and O–H groups in total. The summed E-state index contributed by atoms with van der Waals surface area (Å²) in [5.41, 5.74) is 2.43. The summed E-state index contributed by atoms with van der Waals surface area (Å²) in [6, 6.07) is 19.1. The Morgan fingerprint density at radius 1 is 1.09 bits per heavy atom. The van der Waals surface area contributed by atoms with Crippen molar-refractivity contribution in [2.75, 3.05) is 7.05 Å². The molecule has 0 saturated heterocycles. The van der Waals surface area contributed by atoms with Crippen molar-refractivity contribution in [3.8, 4) is 5.75 Å². The Bertz CT molecular complexity index is 734. The molecule has 0 aliphatic heterocycles. The number of benzene rings is 2. The first-order valence-electron chi connectivity index (χ1n) is 7.69. The van der Waals surface area contributed by atoms with Gasteiger partial charge in [0.1, 0.15) is 12.4 Å². The first-order chi connectivity index (χ1) is 10.8. The average Bonchev–Trinajstić information content (AvgIpc) is 2.96. The first-order valence-corrected chi connectivity index (χ1v) is 7.69. The molecular weight excluding hydrogens is 272 g/mol. The summed E-state index contributed by atoms with van der Waals surface area (Å²) < 4.78 is 8.17. The number of aromatic nitrogens is 1. The maximum absolute atomic E-state index is 5.89. The van der Waals surface area contributed by atoms with Crippen LogP contribution in [0.3, 0.4) is 0 Å². The van der Waals surface area contributed by atoms with E-state index in [9.17, 15) is 0 Å². The second-order valence-electron chi connectivity index (χ2n) is 5.65. The molecule has 2 aromatic carbocycles. The van der Waals surface area contributed by atoms with E-state index in [0.29, 0.717) is 12.6 Å². The molecule has 0 aliphatic rings. The Morgan fingerprint density at radius 2 is 1.91 bits per heavy atom. The van der Waals surface area contributed by atoms with E-state index in [-0.39, 0.29) is 0 Å². The number of ether oxygens (including phenoxy) is 1. The van der Waals surface area contributed by atoms with Crippen molar-refractivity contribution in [2.45, 2.75) is 26.1 Å². The standard InChI is InChI=1S/C19H22N2O/c1-15(20-2)13-21-11-10-17-12-18(8-9-19(17)21)22-14-16-6-4-3-5-7-16/h3-12,15,20H,13-14H2,1-2H3/t15-/m1/s1. The van der Waals surface area contributed by atoms with Gasteiger partial charge in [0.15, 0.2) is 0 Å². The highest BCUT2D eigenvalue weighted by molar-refractivity contribution is 5.81. The van der Waals surface area contributed by atoms with Crippen molar-refractivity contribution in [3.63, 3.8) is 0 Å². The summed E-state index contributed by atoms with van der Waals surface area (Å²) in [5, 5.41) is 4.49. The first kappa shape index (κ1) is 14.7. The van der Waals surface area contributed by atoms with E-state index in [1.54, 1.807) is 0 Å². The Hall–Kier alpha value is -2.26. The highest BCUT2D eigenvalue weighted by atomic mass is 16.5. The van der Waals surface area contributed by atoms with E-state index in [4.69, 9.17) is 4.74 Å². The SMILES string of the molecule is CN[C@H](C)Cn1ccc2cc(OCc3ccccc3)ccc21. The third-order valence-corrected chi connectivity index (χ3v) is 3.95. The van der Waals surface area contributed by atoms with Crippen molar-refractivity contribution < 1.29 is 4.74 Å². The Balaban J connectivity index is 1.73. The van der Waals surface area contributed by atoms with Crippen LogP contribution in [-0.2, 0) is 13.2 Å². The van der Waals surface area contributed by atoms with Crippen molar-refractivity contribution in [2.24, 2.45) is 0 Å². The number of hydrogen-bond acceptors (Lipinski definition) is 2. The second kappa shape index (κ2) is 6.67. The highest BCUT2D eigenvalue weighted by Crippen LogP contribution is 2.23. The maximum atomic E-state index is 5.89. The highest BCUT2D eigenvalue weighted by Gasteiger charge is 2.06. The van der Waals surface area contributed by atoms with E-state index in [1.165, 1.54) is 16.5 Å². The zero-order valence-electron chi connectivity index (χ0n) is 13.1. The molecule has 1 atom stereocenters. The molecule has 114 valence electrons. The largest absolute Gasteiger partial charge is 0.489 e. The fraction of sp³-hybridized carbons (Fsp3) is 0.263. The van der Waals surface area contributed by atoms with Crippen LogP contribution in [0.15, 0.2) is 60.8 Å². The van der Waals surface area contributed by atoms with Crippen LogP contribution in [0.1, 0.15) is 12.5 Å². The predicted octanol–water partition coefficient (Wildman–Crippen LogP) is 3.83. The third kappa shape index (κ3) is 3.31. The van der Waals surface area contributed by atoms with Gasteiger partial charge in [0.2, 0.25) is 0 Å². The molecule has 0 fully saturated rings. The van der Waals surface area contributed by atoms with E-state index in [2.05, 4.69) is 53.3 Å². The van der Waals surface area contributed by atoms with Gasteiger partial charge in [-0.1, -0.05) is 30.3 Å². The molecule has 0 spiro atoms. The van der Waals surface area contributed by atoms with Crippen molar-refractivity contribution >= 4 is 10.9 Å². The van der Waals surface area contributed by atoms with Gasteiger partial charge in [-0.3, -0.25) is 0 Å². The zero-order valence-corrected chi connectivity index (χ0v) is 13.1. The molecule has 1 heterocycles. The number of nitrogens with one attached hydrogen (secondary N) is 1. The average molecular weight is 294 g/mol. The zero-order chi connectivity index (χ0) is 15.4. The molecular formula is C19H22N2O. The van der Waals surface area contributed by atoms with Crippen LogP contribution in [0.5, 0.6) is 5.75 Å². The molecule has 3 heteroatoms.